The molecule has 3 rings (SSSR count). The van der Waals surface area contributed by atoms with Crippen LogP contribution in [0.1, 0.15) is 0 Å². The number of rotatable bonds is 5. The maximum atomic E-state index is 12.4. The topological polar surface area (TPSA) is 91.9 Å². The number of benzene rings is 1. The second-order valence-electron chi connectivity index (χ2n) is 6.20. The zero-order valence-electron chi connectivity index (χ0n) is 15.7. The first-order valence-corrected chi connectivity index (χ1v) is 8.64. The van der Waals surface area contributed by atoms with Gasteiger partial charge in [0.1, 0.15) is 29.5 Å². The highest BCUT2D eigenvalue weighted by Gasteiger charge is 2.16. The number of anilines is 3. The third-order valence-electron chi connectivity index (χ3n) is 4.38. The number of hydrogen-bond donors (Lipinski definition) is 2. The molecule has 144 valence electrons. The molecule has 2 aromatic rings. The van der Waals surface area contributed by atoms with Crippen LogP contribution in [-0.2, 0) is 0 Å². The number of nitrogens with zero attached hydrogens (tertiary/aromatic N) is 4. The van der Waals surface area contributed by atoms with Crippen LogP contribution in [0.25, 0.3) is 0 Å². The van der Waals surface area contributed by atoms with Crippen molar-refractivity contribution in [2.75, 3.05) is 63.0 Å². The molecule has 0 unspecified atom stereocenters. The first kappa shape index (κ1) is 18.7. The van der Waals surface area contributed by atoms with Gasteiger partial charge in [0, 0.05) is 38.3 Å². The Morgan fingerprint density at radius 1 is 1.04 bits per heavy atom. The van der Waals surface area contributed by atoms with Crippen LogP contribution >= 0.6 is 0 Å². The molecule has 2 amide bonds. The molecule has 9 nitrogen and oxygen atoms in total. The summed E-state index contributed by atoms with van der Waals surface area (Å²) in [6.07, 6.45) is 1.45. The van der Waals surface area contributed by atoms with Crippen molar-refractivity contribution < 1.29 is 14.3 Å². The van der Waals surface area contributed by atoms with Crippen molar-refractivity contribution in [3.05, 3.63) is 30.6 Å². The molecule has 1 aliphatic rings. The minimum absolute atomic E-state index is 0.426. The van der Waals surface area contributed by atoms with E-state index in [4.69, 9.17) is 9.47 Å². The molecular formula is C18H24N6O3. The minimum atomic E-state index is -0.426. The van der Waals surface area contributed by atoms with Crippen LogP contribution in [0.15, 0.2) is 30.6 Å². The third kappa shape index (κ3) is 4.76. The molecule has 0 saturated carbocycles. The average Bonchev–Trinajstić information content (AvgIpc) is 2.68. The molecule has 1 aromatic heterocycles. The number of carbonyl (C=O) groups is 1. The first-order chi connectivity index (χ1) is 13.1. The molecular weight excluding hydrogens is 348 g/mol. The predicted molar refractivity (Wildman–Crippen MR) is 104 cm³/mol. The molecule has 1 aliphatic heterocycles. The van der Waals surface area contributed by atoms with Gasteiger partial charge in [0.05, 0.1) is 19.9 Å². The average molecular weight is 372 g/mol. The lowest BCUT2D eigenvalue weighted by Gasteiger charge is -2.33. The maximum Gasteiger partial charge on any atom is 0.324 e. The van der Waals surface area contributed by atoms with E-state index >= 15 is 0 Å². The summed E-state index contributed by atoms with van der Waals surface area (Å²) < 4.78 is 10.5. The fourth-order valence-corrected chi connectivity index (χ4v) is 2.81. The number of amides is 2. The summed E-state index contributed by atoms with van der Waals surface area (Å²) in [4.78, 5) is 25.3. The molecule has 1 aromatic carbocycles. The molecule has 1 fully saturated rings. The van der Waals surface area contributed by atoms with Crippen LogP contribution in [0.2, 0.25) is 0 Å². The van der Waals surface area contributed by atoms with Crippen molar-refractivity contribution in [3.63, 3.8) is 0 Å². The second-order valence-corrected chi connectivity index (χ2v) is 6.20. The van der Waals surface area contributed by atoms with E-state index in [2.05, 4.69) is 37.4 Å². The fourth-order valence-electron chi connectivity index (χ4n) is 2.81. The van der Waals surface area contributed by atoms with Crippen LogP contribution < -0.4 is 25.0 Å². The van der Waals surface area contributed by atoms with Crippen LogP contribution in [0.3, 0.4) is 0 Å². The van der Waals surface area contributed by atoms with Gasteiger partial charge in [-0.05, 0) is 19.2 Å². The van der Waals surface area contributed by atoms with Crippen molar-refractivity contribution in [1.29, 1.82) is 0 Å². The van der Waals surface area contributed by atoms with E-state index in [-0.39, 0.29) is 0 Å². The molecule has 9 heteroatoms. The summed E-state index contributed by atoms with van der Waals surface area (Å²) >= 11 is 0. The number of aromatic nitrogens is 2. The van der Waals surface area contributed by atoms with E-state index in [9.17, 15) is 4.79 Å². The first-order valence-electron chi connectivity index (χ1n) is 8.64. The lowest BCUT2D eigenvalue weighted by Crippen LogP contribution is -2.44. The van der Waals surface area contributed by atoms with E-state index in [0.29, 0.717) is 23.0 Å². The van der Waals surface area contributed by atoms with E-state index in [1.54, 1.807) is 31.4 Å². The zero-order chi connectivity index (χ0) is 19.2. The number of nitrogens with one attached hydrogen (secondary N) is 2. The lowest BCUT2D eigenvalue weighted by molar-refractivity contribution is 0.262. The number of urea groups is 1. The Morgan fingerprint density at radius 3 is 2.52 bits per heavy atom. The zero-order valence-corrected chi connectivity index (χ0v) is 15.7. The summed E-state index contributed by atoms with van der Waals surface area (Å²) in [7, 11) is 5.20. The Balaban J connectivity index is 1.67. The molecule has 0 spiro atoms. The van der Waals surface area contributed by atoms with E-state index < -0.39 is 6.03 Å². The quantitative estimate of drug-likeness (QED) is 0.828. The molecule has 0 atom stereocenters. The number of likely N-dealkylation sites (N-methyl/N-ethyl adjacent to an activating group) is 1. The summed E-state index contributed by atoms with van der Waals surface area (Å²) in [5, 5.41) is 5.49. The van der Waals surface area contributed by atoms with Crippen molar-refractivity contribution in [3.8, 4) is 11.5 Å². The van der Waals surface area contributed by atoms with Crippen molar-refractivity contribution >= 4 is 23.4 Å². The highest BCUT2D eigenvalue weighted by molar-refractivity contribution is 6.00. The summed E-state index contributed by atoms with van der Waals surface area (Å²) in [5.41, 5.74) is 0.502. The molecule has 27 heavy (non-hydrogen) atoms. The third-order valence-corrected chi connectivity index (χ3v) is 4.38. The largest absolute Gasteiger partial charge is 0.497 e. The summed E-state index contributed by atoms with van der Waals surface area (Å²) in [6, 6.07) is 6.52. The van der Waals surface area contributed by atoms with Gasteiger partial charge in [0.25, 0.3) is 0 Å². The second kappa shape index (κ2) is 8.54. The van der Waals surface area contributed by atoms with Gasteiger partial charge in [-0.25, -0.2) is 14.8 Å². The van der Waals surface area contributed by atoms with Gasteiger partial charge < -0.3 is 24.6 Å². The molecule has 0 radical (unpaired) electrons. The highest BCUT2D eigenvalue weighted by Crippen LogP contribution is 2.29. The lowest BCUT2D eigenvalue weighted by atomic mass is 10.2. The standard InChI is InChI=1S/C18H24N6O3/c1-23-6-8-24(9-7-23)17-11-16(19-12-20-17)22-18(25)21-14-10-13(26-2)4-5-15(14)27-3/h4-5,10-12H,6-9H2,1-3H3,(H2,19,20,21,22,25). The SMILES string of the molecule is COc1ccc(OC)c(NC(=O)Nc2cc(N3CCN(C)CC3)ncn2)c1. The number of hydrogen-bond acceptors (Lipinski definition) is 7. The van der Waals surface area contributed by atoms with Crippen molar-refractivity contribution in [1.82, 2.24) is 14.9 Å². The Hall–Kier alpha value is -3.07. The molecule has 1 saturated heterocycles. The van der Waals surface area contributed by atoms with Crippen LogP contribution in [0.4, 0.5) is 22.1 Å². The number of carbonyl (C=O) groups excluding carboxylic acids is 1. The smallest absolute Gasteiger partial charge is 0.324 e. The number of piperazine rings is 1. The number of ether oxygens (including phenoxy) is 2. The Morgan fingerprint density at radius 2 is 1.81 bits per heavy atom. The van der Waals surface area contributed by atoms with Gasteiger partial charge >= 0.3 is 6.03 Å². The summed E-state index contributed by atoms with van der Waals surface area (Å²) in [5.74, 6) is 2.38. The molecule has 0 aliphatic carbocycles. The van der Waals surface area contributed by atoms with Gasteiger partial charge in [0.15, 0.2) is 0 Å². The van der Waals surface area contributed by atoms with Gasteiger partial charge in [0.2, 0.25) is 0 Å². The Bertz CT molecular complexity index is 792. The van der Waals surface area contributed by atoms with E-state index in [1.165, 1.54) is 13.4 Å². The van der Waals surface area contributed by atoms with Crippen molar-refractivity contribution in [2.45, 2.75) is 0 Å². The molecule has 0 bridgehead atoms. The summed E-state index contributed by atoms with van der Waals surface area (Å²) in [6.45, 7) is 3.73. The normalized spacial score (nSPS) is 14.6. The van der Waals surface area contributed by atoms with E-state index in [0.717, 1.165) is 32.0 Å². The van der Waals surface area contributed by atoms with E-state index in [1.807, 2.05) is 0 Å². The van der Waals surface area contributed by atoms with Gasteiger partial charge in [-0.15, -0.1) is 0 Å². The van der Waals surface area contributed by atoms with Gasteiger partial charge in [-0.2, -0.15) is 0 Å². The molecule has 2 N–H and O–H groups in total. The monoisotopic (exact) mass is 372 g/mol. The number of methoxy groups -OCH3 is 2. The van der Waals surface area contributed by atoms with Crippen LogP contribution in [0, 0.1) is 0 Å². The Kier molecular flexibility index (Phi) is 5.92. The maximum absolute atomic E-state index is 12.4. The molecule has 2 heterocycles. The predicted octanol–water partition coefficient (Wildman–Crippen LogP) is 1.89. The van der Waals surface area contributed by atoms with Crippen molar-refractivity contribution in [2.24, 2.45) is 0 Å². The van der Waals surface area contributed by atoms with Crippen LogP contribution in [-0.4, -0.2) is 68.3 Å². The van der Waals surface area contributed by atoms with Crippen LogP contribution in [0.5, 0.6) is 11.5 Å². The van der Waals surface area contributed by atoms with Gasteiger partial charge in [-0.1, -0.05) is 0 Å². The fraction of sp³-hybridized carbons (Fsp3) is 0.389. The van der Waals surface area contributed by atoms with Gasteiger partial charge in [-0.3, -0.25) is 5.32 Å². The minimum Gasteiger partial charge on any atom is -0.497 e. The highest BCUT2D eigenvalue weighted by atomic mass is 16.5. The Labute approximate surface area is 158 Å².